The largest absolute Gasteiger partial charge is 0.494 e. The Morgan fingerprint density at radius 3 is 2.88 bits per heavy atom. The number of hydrogen-bond donors (Lipinski definition) is 1. The van der Waals surface area contributed by atoms with Crippen LogP contribution in [0.2, 0.25) is 0 Å². The molecule has 0 bridgehead atoms. The molecule has 2 aliphatic heterocycles. The summed E-state index contributed by atoms with van der Waals surface area (Å²) in [7, 11) is 0. The van der Waals surface area contributed by atoms with E-state index in [4.69, 9.17) is 4.74 Å². The van der Waals surface area contributed by atoms with Crippen molar-refractivity contribution >= 4 is 11.9 Å². The van der Waals surface area contributed by atoms with E-state index in [1.54, 1.807) is 0 Å². The Balaban J connectivity index is 1.55. The van der Waals surface area contributed by atoms with E-state index in [0.717, 1.165) is 43.7 Å². The monoisotopic (exact) mass is 345 g/mol. The van der Waals surface area contributed by atoms with Crippen molar-refractivity contribution in [1.82, 2.24) is 15.1 Å². The van der Waals surface area contributed by atoms with Gasteiger partial charge in [0.2, 0.25) is 5.91 Å². The number of carbonyl (C=O) groups excluding carboxylic acids is 2. The smallest absolute Gasteiger partial charge is 0.317 e. The van der Waals surface area contributed by atoms with Crippen LogP contribution >= 0.6 is 0 Å². The van der Waals surface area contributed by atoms with Crippen molar-refractivity contribution < 1.29 is 14.3 Å². The number of para-hydroxylation sites is 1. The lowest BCUT2D eigenvalue weighted by atomic mass is 10.0. The van der Waals surface area contributed by atoms with Crippen LogP contribution in [0.15, 0.2) is 24.3 Å². The van der Waals surface area contributed by atoms with Crippen molar-refractivity contribution in [2.45, 2.75) is 45.2 Å². The summed E-state index contributed by atoms with van der Waals surface area (Å²) in [6, 6.07) is 7.86. The first-order chi connectivity index (χ1) is 12.2. The molecule has 2 aliphatic rings. The highest BCUT2D eigenvalue weighted by molar-refractivity contribution is 5.79. The highest BCUT2D eigenvalue weighted by Crippen LogP contribution is 2.22. The van der Waals surface area contributed by atoms with Crippen LogP contribution in [-0.2, 0) is 11.3 Å². The summed E-state index contributed by atoms with van der Waals surface area (Å²) < 4.78 is 5.60. The minimum atomic E-state index is -0.0670. The first kappa shape index (κ1) is 17.6. The average Bonchev–Trinajstić information content (AvgIpc) is 3.07. The molecule has 1 N–H and O–H groups in total. The highest BCUT2D eigenvalue weighted by atomic mass is 16.5. The van der Waals surface area contributed by atoms with Crippen LogP contribution in [-0.4, -0.2) is 54.0 Å². The number of benzene rings is 1. The number of piperidine rings is 1. The molecule has 3 amide bonds. The molecule has 0 saturated carbocycles. The second-order valence-corrected chi connectivity index (χ2v) is 6.63. The molecule has 0 unspecified atom stereocenters. The van der Waals surface area contributed by atoms with Gasteiger partial charge in [0, 0.05) is 44.2 Å². The Bertz CT molecular complexity index is 620. The lowest BCUT2D eigenvalue weighted by molar-refractivity contribution is -0.130. The Kier molecular flexibility index (Phi) is 5.79. The standard InChI is InChI=1S/C19H27N3O3/c1-2-25-17-9-4-3-7-15(17)13-20-19(24)21-11-5-8-16(14-21)22-12-6-10-18(22)23/h3-4,7,9,16H,2,5-6,8,10-14H2,1H3,(H,20,24)/t16-/m1/s1. The van der Waals surface area contributed by atoms with Gasteiger partial charge in [0.25, 0.3) is 0 Å². The molecule has 3 rings (SSSR count). The van der Waals surface area contributed by atoms with Gasteiger partial charge in [-0.05, 0) is 32.3 Å². The van der Waals surface area contributed by atoms with Crippen LogP contribution in [0.25, 0.3) is 0 Å². The van der Waals surface area contributed by atoms with E-state index in [1.807, 2.05) is 41.0 Å². The quantitative estimate of drug-likeness (QED) is 0.891. The maximum Gasteiger partial charge on any atom is 0.317 e. The van der Waals surface area contributed by atoms with Gasteiger partial charge in [0.15, 0.2) is 0 Å². The van der Waals surface area contributed by atoms with Gasteiger partial charge in [0.05, 0.1) is 6.61 Å². The molecule has 1 aromatic rings. The van der Waals surface area contributed by atoms with Crippen LogP contribution < -0.4 is 10.1 Å². The topological polar surface area (TPSA) is 61.9 Å². The normalized spacial score (nSPS) is 20.7. The predicted molar refractivity (Wildman–Crippen MR) is 95.4 cm³/mol. The van der Waals surface area contributed by atoms with Crippen molar-refractivity contribution in [2.75, 3.05) is 26.2 Å². The number of amides is 3. The lowest BCUT2D eigenvalue weighted by Gasteiger charge is -2.37. The second-order valence-electron chi connectivity index (χ2n) is 6.63. The van der Waals surface area contributed by atoms with Gasteiger partial charge in [-0.1, -0.05) is 18.2 Å². The summed E-state index contributed by atoms with van der Waals surface area (Å²) in [5, 5.41) is 2.99. The van der Waals surface area contributed by atoms with Crippen LogP contribution in [0.4, 0.5) is 4.79 Å². The molecule has 1 aromatic carbocycles. The molecule has 1 atom stereocenters. The summed E-state index contributed by atoms with van der Waals surface area (Å²) in [5.41, 5.74) is 0.973. The SMILES string of the molecule is CCOc1ccccc1CNC(=O)N1CCC[C@@H](N2CCCC2=O)C1. The molecule has 6 nitrogen and oxygen atoms in total. The maximum absolute atomic E-state index is 12.6. The third-order valence-electron chi connectivity index (χ3n) is 4.94. The predicted octanol–water partition coefficient (Wildman–Crippen LogP) is 2.38. The minimum Gasteiger partial charge on any atom is -0.494 e. The molecule has 2 heterocycles. The van der Waals surface area contributed by atoms with Crippen molar-refractivity contribution in [3.05, 3.63) is 29.8 Å². The molecular weight excluding hydrogens is 318 g/mol. The fourth-order valence-corrected chi connectivity index (χ4v) is 3.68. The van der Waals surface area contributed by atoms with Crippen LogP contribution in [0, 0.1) is 0 Å². The Morgan fingerprint density at radius 1 is 1.28 bits per heavy atom. The van der Waals surface area contributed by atoms with E-state index < -0.39 is 0 Å². The van der Waals surface area contributed by atoms with Crippen LogP contribution in [0.5, 0.6) is 5.75 Å². The van der Waals surface area contributed by atoms with Crippen molar-refractivity contribution in [3.63, 3.8) is 0 Å². The van der Waals surface area contributed by atoms with E-state index >= 15 is 0 Å². The number of urea groups is 1. The second kappa shape index (κ2) is 8.23. The highest BCUT2D eigenvalue weighted by Gasteiger charge is 2.32. The van der Waals surface area contributed by atoms with Crippen molar-refractivity contribution in [3.8, 4) is 5.75 Å². The van der Waals surface area contributed by atoms with Gasteiger partial charge in [-0.15, -0.1) is 0 Å². The van der Waals surface area contributed by atoms with E-state index in [9.17, 15) is 9.59 Å². The molecule has 6 heteroatoms. The summed E-state index contributed by atoms with van der Waals surface area (Å²) in [6.45, 7) is 5.20. The number of carbonyl (C=O) groups is 2. The molecule has 0 spiro atoms. The Labute approximate surface area is 149 Å². The third-order valence-corrected chi connectivity index (χ3v) is 4.94. The van der Waals surface area contributed by atoms with E-state index in [1.165, 1.54) is 0 Å². The number of rotatable bonds is 5. The first-order valence-corrected chi connectivity index (χ1v) is 9.22. The number of hydrogen-bond acceptors (Lipinski definition) is 3. The summed E-state index contributed by atoms with van der Waals surface area (Å²) in [6.07, 6.45) is 3.52. The Morgan fingerprint density at radius 2 is 2.12 bits per heavy atom. The molecule has 2 saturated heterocycles. The average molecular weight is 345 g/mol. The van der Waals surface area contributed by atoms with Gasteiger partial charge in [-0.25, -0.2) is 4.79 Å². The first-order valence-electron chi connectivity index (χ1n) is 9.22. The van der Waals surface area contributed by atoms with Crippen LogP contribution in [0.1, 0.15) is 38.2 Å². The van der Waals surface area contributed by atoms with Crippen LogP contribution in [0.3, 0.4) is 0 Å². The summed E-state index contributed by atoms with van der Waals surface area (Å²) in [4.78, 5) is 28.3. The number of likely N-dealkylation sites (tertiary alicyclic amines) is 2. The van der Waals surface area contributed by atoms with Gasteiger partial charge in [0.1, 0.15) is 5.75 Å². The molecule has 0 radical (unpaired) electrons. The van der Waals surface area contributed by atoms with Gasteiger partial charge >= 0.3 is 6.03 Å². The van der Waals surface area contributed by atoms with Gasteiger partial charge in [-0.2, -0.15) is 0 Å². The molecule has 0 aromatic heterocycles. The molecule has 0 aliphatic carbocycles. The lowest BCUT2D eigenvalue weighted by Crippen LogP contribution is -2.52. The van der Waals surface area contributed by atoms with Crippen molar-refractivity contribution in [1.29, 1.82) is 0 Å². The fraction of sp³-hybridized carbons (Fsp3) is 0.579. The zero-order valence-corrected chi connectivity index (χ0v) is 14.9. The van der Waals surface area contributed by atoms with Crippen molar-refractivity contribution in [2.24, 2.45) is 0 Å². The fourth-order valence-electron chi connectivity index (χ4n) is 3.68. The van der Waals surface area contributed by atoms with Gasteiger partial charge < -0.3 is 19.9 Å². The van der Waals surface area contributed by atoms with E-state index in [0.29, 0.717) is 26.1 Å². The zero-order chi connectivity index (χ0) is 17.6. The number of nitrogens with one attached hydrogen (secondary N) is 1. The third kappa shape index (κ3) is 4.24. The molecule has 2 fully saturated rings. The number of nitrogens with zero attached hydrogens (tertiary/aromatic N) is 2. The summed E-state index contributed by atoms with van der Waals surface area (Å²) in [5.74, 6) is 1.04. The van der Waals surface area contributed by atoms with Gasteiger partial charge in [-0.3, -0.25) is 4.79 Å². The van der Waals surface area contributed by atoms with E-state index in [-0.39, 0.29) is 18.0 Å². The Hall–Kier alpha value is -2.24. The molecule has 25 heavy (non-hydrogen) atoms. The maximum atomic E-state index is 12.6. The van der Waals surface area contributed by atoms with E-state index in [2.05, 4.69) is 5.32 Å². The zero-order valence-electron chi connectivity index (χ0n) is 14.9. The number of ether oxygens (including phenoxy) is 1. The molecular formula is C19H27N3O3. The summed E-state index contributed by atoms with van der Waals surface area (Å²) >= 11 is 0. The molecule has 136 valence electrons. The minimum absolute atomic E-state index is 0.0670.